The standard InChI is InChI=1S/C15H24N2O3/c1-10-6-11(2)14(12(3)7-10)4-5-16-15(20)17-8-13(19)9-18/h6-7,13,18-19H,4-5,8-9H2,1-3H3,(H2,16,17,20)/t13-/m0/s1. The molecule has 0 aromatic heterocycles. The SMILES string of the molecule is Cc1cc(C)c(CCNC(=O)NC[C@H](O)CO)c(C)c1. The number of carbonyl (C=O) groups excluding carboxylic acids is 1. The smallest absolute Gasteiger partial charge is 0.314 e. The lowest BCUT2D eigenvalue weighted by Gasteiger charge is -2.13. The van der Waals surface area contributed by atoms with E-state index in [1.807, 2.05) is 0 Å². The van der Waals surface area contributed by atoms with Gasteiger partial charge in [0.1, 0.15) is 0 Å². The second-order valence-electron chi connectivity index (χ2n) is 5.10. The molecule has 1 rings (SSSR count). The number of benzene rings is 1. The Labute approximate surface area is 120 Å². The molecule has 1 atom stereocenters. The zero-order valence-electron chi connectivity index (χ0n) is 12.4. The first-order valence-electron chi connectivity index (χ1n) is 6.81. The van der Waals surface area contributed by atoms with Crippen LogP contribution in [0.15, 0.2) is 12.1 Å². The van der Waals surface area contributed by atoms with E-state index in [2.05, 4.69) is 43.5 Å². The van der Waals surface area contributed by atoms with Gasteiger partial charge in [-0.25, -0.2) is 4.79 Å². The molecule has 0 unspecified atom stereocenters. The summed E-state index contributed by atoms with van der Waals surface area (Å²) < 4.78 is 0. The molecule has 0 radical (unpaired) electrons. The highest BCUT2D eigenvalue weighted by molar-refractivity contribution is 5.73. The number of aryl methyl sites for hydroxylation is 3. The van der Waals surface area contributed by atoms with Gasteiger partial charge in [0.15, 0.2) is 0 Å². The second kappa shape index (κ2) is 7.87. The minimum atomic E-state index is -0.915. The van der Waals surface area contributed by atoms with Gasteiger partial charge in [-0.1, -0.05) is 17.7 Å². The molecule has 0 fully saturated rings. The molecule has 5 heteroatoms. The van der Waals surface area contributed by atoms with Crippen molar-refractivity contribution < 1.29 is 15.0 Å². The quantitative estimate of drug-likeness (QED) is 0.622. The van der Waals surface area contributed by atoms with Crippen LogP contribution in [0.4, 0.5) is 4.79 Å². The summed E-state index contributed by atoms with van der Waals surface area (Å²) in [4.78, 5) is 11.5. The summed E-state index contributed by atoms with van der Waals surface area (Å²) in [5.41, 5.74) is 4.97. The molecule has 0 saturated heterocycles. The topological polar surface area (TPSA) is 81.6 Å². The fourth-order valence-corrected chi connectivity index (χ4v) is 2.24. The van der Waals surface area contributed by atoms with Gasteiger partial charge < -0.3 is 20.8 Å². The lowest BCUT2D eigenvalue weighted by molar-refractivity contribution is 0.0959. The molecule has 2 amide bonds. The lowest BCUT2D eigenvalue weighted by Crippen LogP contribution is -2.41. The van der Waals surface area contributed by atoms with Gasteiger partial charge >= 0.3 is 6.03 Å². The Kier molecular flexibility index (Phi) is 6.48. The van der Waals surface area contributed by atoms with Crippen molar-refractivity contribution in [1.29, 1.82) is 0 Å². The zero-order chi connectivity index (χ0) is 15.1. The van der Waals surface area contributed by atoms with Crippen LogP contribution in [-0.2, 0) is 6.42 Å². The minimum absolute atomic E-state index is 0.0465. The molecule has 0 saturated carbocycles. The predicted molar refractivity (Wildman–Crippen MR) is 78.9 cm³/mol. The highest BCUT2D eigenvalue weighted by Crippen LogP contribution is 2.16. The van der Waals surface area contributed by atoms with Crippen LogP contribution in [0.1, 0.15) is 22.3 Å². The molecule has 0 aliphatic heterocycles. The third-order valence-electron chi connectivity index (χ3n) is 3.21. The van der Waals surface area contributed by atoms with E-state index in [-0.39, 0.29) is 19.2 Å². The first-order chi connectivity index (χ1) is 9.43. The monoisotopic (exact) mass is 280 g/mol. The zero-order valence-corrected chi connectivity index (χ0v) is 12.4. The molecule has 5 nitrogen and oxygen atoms in total. The van der Waals surface area contributed by atoms with Gasteiger partial charge in [-0.2, -0.15) is 0 Å². The van der Waals surface area contributed by atoms with E-state index in [4.69, 9.17) is 10.2 Å². The van der Waals surface area contributed by atoms with Gasteiger partial charge in [0.05, 0.1) is 12.7 Å². The van der Waals surface area contributed by atoms with Crippen molar-refractivity contribution in [2.45, 2.75) is 33.3 Å². The predicted octanol–water partition coefficient (Wildman–Crippen LogP) is 0.807. The summed E-state index contributed by atoms with van der Waals surface area (Å²) >= 11 is 0. The summed E-state index contributed by atoms with van der Waals surface area (Å²) in [6, 6.07) is 3.94. The normalized spacial score (nSPS) is 12.1. The Hall–Kier alpha value is -1.59. The Morgan fingerprint density at radius 1 is 1.20 bits per heavy atom. The van der Waals surface area contributed by atoms with Crippen molar-refractivity contribution in [3.05, 3.63) is 34.4 Å². The molecule has 4 N–H and O–H groups in total. The number of urea groups is 1. The van der Waals surface area contributed by atoms with Gasteiger partial charge in [-0.15, -0.1) is 0 Å². The molecular weight excluding hydrogens is 256 g/mol. The van der Waals surface area contributed by atoms with Gasteiger partial charge in [-0.3, -0.25) is 0 Å². The summed E-state index contributed by atoms with van der Waals surface area (Å²) in [5.74, 6) is 0. The second-order valence-corrected chi connectivity index (χ2v) is 5.10. The Morgan fingerprint density at radius 3 is 2.35 bits per heavy atom. The number of aliphatic hydroxyl groups excluding tert-OH is 2. The fraction of sp³-hybridized carbons (Fsp3) is 0.533. The maximum atomic E-state index is 11.5. The van der Waals surface area contributed by atoms with Crippen molar-refractivity contribution in [1.82, 2.24) is 10.6 Å². The summed E-state index contributed by atoms with van der Waals surface area (Å²) in [6.45, 7) is 6.45. The highest BCUT2D eigenvalue weighted by atomic mass is 16.3. The first-order valence-corrected chi connectivity index (χ1v) is 6.81. The van der Waals surface area contributed by atoms with Crippen molar-refractivity contribution >= 4 is 6.03 Å². The maximum absolute atomic E-state index is 11.5. The molecule has 0 aliphatic rings. The van der Waals surface area contributed by atoms with E-state index in [9.17, 15) is 4.79 Å². The van der Waals surface area contributed by atoms with Crippen LogP contribution in [0.2, 0.25) is 0 Å². The van der Waals surface area contributed by atoms with Crippen LogP contribution in [-0.4, -0.2) is 42.0 Å². The Bertz CT molecular complexity index is 437. The van der Waals surface area contributed by atoms with Crippen molar-refractivity contribution in [3.63, 3.8) is 0 Å². The van der Waals surface area contributed by atoms with Gasteiger partial charge in [0, 0.05) is 13.1 Å². The van der Waals surface area contributed by atoms with Crippen LogP contribution in [0.3, 0.4) is 0 Å². The van der Waals surface area contributed by atoms with Crippen LogP contribution in [0.5, 0.6) is 0 Å². The molecule has 0 aliphatic carbocycles. The fourth-order valence-electron chi connectivity index (χ4n) is 2.24. The Morgan fingerprint density at radius 2 is 1.80 bits per heavy atom. The van der Waals surface area contributed by atoms with E-state index in [0.717, 1.165) is 6.42 Å². The number of hydrogen-bond donors (Lipinski definition) is 4. The first kappa shape index (κ1) is 16.5. The van der Waals surface area contributed by atoms with Crippen LogP contribution < -0.4 is 10.6 Å². The van der Waals surface area contributed by atoms with Crippen LogP contribution in [0, 0.1) is 20.8 Å². The molecule has 20 heavy (non-hydrogen) atoms. The van der Waals surface area contributed by atoms with Crippen molar-refractivity contribution in [2.75, 3.05) is 19.7 Å². The third-order valence-corrected chi connectivity index (χ3v) is 3.21. The van der Waals surface area contributed by atoms with Crippen LogP contribution in [0.25, 0.3) is 0 Å². The summed E-state index contributed by atoms with van der Waals surface area (Å²) in [7, 11) is 0. The number of aliphatic hydroxyl groups is 2. The van der Waals surface area contributed by atoms with Crippen LogP contribution >= 0.6 is 0 Å². The van der Waals surface area contributed by atoms with E-state index in [1.165, 1.54) is 22.3 Å². The average Bonchev–Trinajstić information content (AvgIpc) is 2.38. The summed E-state index contributed by atoms with van der Waals surface area (Å²) in [6.07, 6.45) is -0.143. The third kappa shape index (κ3) is 5.19. The Balaban J connectivity index is 2.39. The number of rotatable bonds is 6. The van der Waals surface area contributed by atoms with Gasteiger partial charge in [0.25, 0.3) is 0 Å². The van der Waals surface area contributed by atoms with E-state index < -0.39 is 6.10 Å². The maximum Gasteiger partial charge on any atom is 0.314 e. The number of hydrogen-bond acceptors (Lipinski definition) is 3. The summed E-state index contributed by atoms with van der Waals surface area (Å²) in [5, 5.41) is 23.0. The van der Waals surface area contributed by atoms with Crippen molar-refractivity contribution in [2.24, 2.45) is 0 Å². The number of carbonyl (C=O) groups is 1. The molecule has 1 aromatic rings. The molecule has 0 heterocycles. The number of amides is 2. The number of nitrogens with one attached hydrogen (secondary N) is 2. The average molecular weight is 280 g/mol. The van der Waals surface area contributed by atoms with Crippen molar-refractivity contribution in [3.8, 4) is 0 Å². The molecular formula is C15H24N2O3. The molecule has 0 spiro atoms. The molecule has 1 aromatic carbocycles. The van der Waals surface area contributed by atoms with Gasteiger partial charge in [0.2, 0.25) is 0 Å². The highest BCUT2D eigenvalue weighted by Gasteiger charge is 2.07. The largest absolute Gasteiger partial charge is 0.394 e. The van der Waals surface area contributed by atoms with E-state index >= 15 is 0 Å². The molecule has 112 valence electrons. The van der Waals surface area contributed by atoms with Gasteiger partial charge in [-0.05, 0) is 43.9 Å². The van der Waals surface area contributed by atoms with E-state index in [0.29, 0.717) is 6.54 Å². The lowest BCUT2D eigenvalue weighted by atomic mass is 9.97. The minimum Gasteiger partial charge on any atom is -0.394 e. The van der Waals surface area contributed by atoms with E-state index in [1.54, 1.807) is 0 Å². The molecule has 0 bridgehead atoms.